The highest BCUT2D eigenvalue weighted by atomic mass is 31.2. The van der Waals surface area contributed by atoms with Gasteiger partial charge in [-0.3, -0.25) is 14.7 Å². The minimum atomic E-state index is -4.99. The summed E-state index contributed by atoms with van der Waals surface area (Å²) < 4.78 is 45.6. The molecule has 0 radical (unpaired) electrons. The van der Waals surface area contributed by atoms with Crippen LogP contribution in [0.4, 0.5) is 0 Å². The molecule has 0 aliphatic carbocycles. The van der Waals surface area contributed by atoms with Crippen molar-refractivity contribution in [2.45, 2.75) is 138 Å². The van der Waals surface area contributed by atoms with Crippen LogP contribution in [-0.4, -0.2) is 14.7 Å². The number of hydrogen-bond donors (Lipinski definition) is 3. The van der Waals surface area contributed by atoms with Gasteiger partial charge in [0.2, 0.25) is 0 Å². The molecule has 0 saturated heterocycles. The summed E-state index contributed by atoms with van der Waals surface area (Å²) in [6.45, 7) is 42.9. The van der Waals surface area contributed by atoms with Crippen LogP contribution >= 0.6 is 15.6 Å². The van der Waals surface area contributed by atoms with Crippen LogP contribution in [0.15, 0.2) is 127 Å². The molecule has 94 heavy (non-hydrogen) atoms. The molecule has 478 valence electrons. The van der Waals surface area contributed by atoms with Crippen LogP contribution in [0.1, 0.15) is 111 Å². The molecule has 1 heterocycles. The molecule has 13 rings (SSSR count). The smallest absolute Gasteiger partial charge is 0.403 e. The Morgan fingerprint density at radius 1 is 0.309 bits per heavy atom. The van der Waals surface area contributed by atoms with E-state index in [1.807, 2.05) is 60.7 Å². The zero-order valence-electron chi connectivity index (χ0n) is 57.9. The molecular weight excluding hydrogens is 1200 g/mol. The zero-order valence-corrected chi connectivity index (χ0v) is 59.7. The highest BCUT2D eigenvalue weighted by molar-refractivity contribution is 7.48. The van der Waals surface area contributed by atoms with Crippen molar-refractivity contribution in [3.63, 3.8) is 0 Å². The van der Waals surface area contributed by atoms with Gasteiger partial charge in [-0.1, -0.05) is 97.1 Å². The van der Waals surface area contributed by atoms with Crippen molar-refractivity contribution in [1.29, 1.82) is 0 Å². The van der Waals surface area contributed by atoms with Crippen molar-refractivity contribution in [2.75, 3.05) is 0 Å². The van der Waals surface area contributed by atoms with Crippen LogP contribution in [0, 0.1) is 138 Å². The van der Waals surface area contributed by atoms with E-state index < -0.39 is 15.6 Å². The first-order valence-corrected chi connectivity index (χ1v) is 35.3. The minimum Gasteiger partial charge on any atom is -0.403 e. The summed E-state index contributed by atoms with van der Waals surface area (Å²) in [7, 11) is -9.66. The maximum Gasteiger partial charge on any atom is 0.584 e. The van der Waals surface area contributed by atoms with Crippen molar-refractivity contribution in [3.05, 3.63) is 239 Å². The van der Waals surface area contributed by atoms with Gasteiger partial charge in [-0.05, 0) is 357 Å². The highest BCUT2D eigenvalue weighted by Crippen LogP contribution is 2.63. The molecule has 0 saturated carbocycles. The van der Waals surface area contributed by atoms with Gasteiger partial charge in [0.1, 0.15) is 17.2 Å². The Hall–Kier alpha value is -8.58. The Morgan fingerprint density at radius 2 is 0.574 bits per heavy atom. The van der Waals surface area contributed by atoms with E-state index in [0.29, 0.717) is 22.6 Å². The van der Waals surface area contributed by atoms with Crippen LogP contribution in [0.3, 0.4) is 0 Å². The van der Waals surface area contributed by atoms with Crippen LogP contribution in [0.2, 0.25) is 0 Å². The second-order valence-corrected chi connectivity index (χ2v) is 29.0. The molecule has 0 spiro atoms. The van der Waals surface area contributed by atoms with Gasteiger partial charge in [0.25, 0.3) is 0 Å². The lowest BCUT2D eigenvalue weighted by atomic mass is 9.81. The molecule has 0 atom stereocenters. The van der Waals surface area contributed by atoms with Gasteiger partial charge < -0.3 is 13.6 Å². The molecule has 12 aromatic rings. The van der Waals surface area contributed by atoms with Gasteiger partial charge >= 0.3 is 15.6 Å². The van der Waals surface area contributed by atoms with Gasteiger partial charge in [-0.2, -0.15) is 0 Å². The first kappa shape index (κ1) is 65.5. The number of fused-ring (bicyclic) bond motifs is 9. The number of rotatable bonds is 7. The van der Waals surface area contributed by atoms with Crippen molar-refractivity contribution in [2.24, 2.45) is 0 Å². The fourth-order valence-electron chi connectivity index (χ4n) is 15.3. The molecule has 1 aliphatic rings. The Balaban J connectivity index is 0.000000180. The largest absolute Gasteiger partial charge is 0.584 e. The molecular formula is C84H84O8P2. The second-order valence-electron chi connectivity index (χ2n) is 26.5. The molecule has 0 fully saturated rings. The summed E-state index contributed by atoms with van der Waals surface area (Å²) in [6, 6.07) is 43.4. The minimum absolute atomic E-state index is 0.193. The SMILES string of the molecule is Cc1c(C)c(C)c(-c2cc(-c3c(OP(=O)(O)O)c(-c4c(C)c(C)c(C)c(C)c4C)cc4ccccc34)c3ccccc3c2)c(C)c1C.Cc1c(C)c(C)c(-c2cc3ccccc3c3c2OP(=O)(O)Oc2c(-c4c(C)c(C)c(C)c(C)c4C)cc4ccccc4c2-3)c(C)c1C. The third-order valence-corrected chi connectivity index (χ3v) is 23.4. The maximum absolute atomic E-state index is 14.2. The van der Waals surface area contributed by atoms with Crippen LogP contribution in [-0.2, 0) is 9.13 Å². The third-order valence-electron chi connectivity index (χ3n) is 22.1. The second kappa shape index (κ2) is 24.0. The highest BCUT2D eigenvalue weighted by Gasteiger charge is 2.39. The number of hydrogen-bond acceptors (Lipinski definition) is 5. The predicted molar refractivity (Wildman–Crippen MR) is 394 cm³/mol. The van der Waals surface area contributed by atoms with Gasteiger partial charge in [0, 0.05) is 33.4 Å². The van der Waals surface area contributed by atoms with Gasteiger partial charge in [0.15, 0.2) is 0 Å². The number of benzene rings is 12. The Labute approximate surface area is 554 Å². The quantitative estimate of drug-likeness (QED) is 0.135. The van der Waals surface area contributed by atoms with E-state index in [2.05, 4.69) is 205 Å². The molecule has 0 amide bonds. The van der Waals surface area contributed by atoms with Crippen LogP contribution < -0.4 is 13.6 Å². The molecule has 12 aromatic carbocycles. The van der Waals surface area contributed by atoms with E-state index in [4.69, 9.17) is 13.6 Å². The topological polar surface area (TPSA) is 123 Å². The summed E-state index contributed by atoms with van der Waals surface area (Å²) in [6.07, 6.45) is 0. The van der Waals surface area contributed by atoms with E-state index in [0.717, 1.165) is 138 Å². The van der Waals surface area contributed by atoms with E-state index in [-0.39, 0.29) is 5.75 Å². The first-order chi connectivity index (χ1) is 44.3. The van der Waals surface area contributed by atoms with Gasteiger partial charge in [-0.25, -0.2) is 9.13 Å². The summed E-state index contributed by atoms with van der Waals surface area (Å²) in [5.41, 5.74) is 34.3. The average Bonchev–Trinajstić information content (AvgIpc) is 1.28. The first-order valence-electron chi connectivity index (χ1n) is 32.3. The van der Waals surface area contributed by atoms with Crippen molar-refractivity contribution >= 4 is 58.7 Å². The normalized spacial score (nSPS) is 12.8. The fraction of sp³-hybridized carbons (Fsp3) is 0.238. The van der Waals surface area contributed by atoms with E-state index in [9.17, 15) is 23.8 Å². The lowest BCUT2D eigenvalue weighted by Gasteiger charge is -2.25. The lowest BCUT2D eigenvalue weighted by Crippen LogP contribution is -2.04. The van der Waals surface area contributed by atoms with E-state index in [1.54, 1.807) is 0 Å². The predicted octanol–water partition coefficient (Wildman–Crippen LogP) is 23.5. The summed E-state index contributed by atoms with van der Waals surface area (Å²) >= 11 is 0. The fourth-order valence-corrected chi connectivity index (χ4v) is 16.6. The summed E-state index contributed by atoms with van der Waals surface area (Å²) in [5.74, 6) is 0.932. The molecule has 3 N–H and O–H groups in total. The zero-order chi connectivity index (χ0) is 67.8. The molecule has 1 aliphatic heterocycles. The van der Waals surface area contributed by atoms with E-state index >= 15 is 0 Å². The van der Waals surface area contributed by atoms with Gasteiger partial charge in [-0.15, -0.1) is 0 Å². The van der Waals surface area contributed by atoms with Crippen molar-refractivity contribution < 1.29 is 37.4 Å². The average molecular weight is 1280 g/mol. The Bertz CT molecular complexity index is 5000. The van der Waals surface area contributed by atoms with Crippen molar-refractivity contribution in [3.8, 4) is 84.0 Å². The van der Waals surface area contributed by atoms with Gasteiger partial charge in [0.05, 0.1) is 0 Å². The summed E-state index contributed by atoms with van der Waals surface area (Å²) in [5, 5.41) is 7.75. The Kier molecular flexibility index (Phi) is 16.7. The molecule has 8 nitrogen and oxygen atoms in total. The summed E-state index contributed by atoms with van der Waals surface area (Å²) in [4.78, 5) is 32.6. The molecule has 0 aromatic heterocycles. The Morgan fingerprint density at radius 3 is 0.915 bits per heavy atom. The lowest BCUT2D eigenvalue weighted by molar-refractivity contribution is 0.283. The van der Waals surface area contributed by atoms with Crippen LogP contribution in [0.5, 0.6) is 17.2 Å². The number of phosphoric ester groups is 2. The standard InChI is InChI=1S/C42H41O4P.C42H43O4P/c1-21-23(3)27(7)37(28(8)24(21)4)35-19-31-15-11-13-17-33(31)39-40-34-18-14-12-16-32(34)20-36(42(40)46-47(43,44)45-41(35)39)38-29(9)25(5)22(2)26(6)30(38)10;1-22-24(3)28(7)39(29(8)25(22)4)34-19-32-15-11-13-17-35(32)37(21-34)41-36-18-14-12-16-33(36)20-38(42(41)46-47(43,44)45)40-30(9)26(5)23(2)27(6)31(40)10/h11-20H,1-10H3,(H,43,44);11-21H,1-10H3,(H2,43,44,45). The molecule has 0 bridgehead atoms. The third kappa shape index (κ3) is 10.7. The molecule has 0 unspecified atom stereocenters. The van der Waals surface area contributed by atoms with E-state index in [1.165, 1.54) is 72.3 Å². The number of phosphoric acid groups is 2. The van der Waals surface area contributed by atoms with Crippen LogP contribution in [0.25, 0.3) is 110 Å². The monoisotopic (exact) mass is 1280 g/mol. The molecule has 10 heteroatoms. The van der Waals surface area contributed by atoms with Crippen molar-refractivity contribution in [1.82, 2.24) is 0 Å². The maximum atomic E-state index is 14.2.